The Morgan fingerprint density at radius 1 is 1.13 bits per heavy atom. The average molecular weight is 448 g/mol. The molecule has 0 unspecified atom stereocenters. The van der Waals surface area contributed by atoms with E-state index in [-0.39, 0.29) is 24.0 Å². The van der Waals surface area contributed by atoms with Crippen LogP contribution in [0.1, 0.15) is 37.4 Å². The summed E-state index contributed by atoms with van der Waals surface area (Å²) in [5.74, 6) is -1.64. The molecule has 1 heterocycles. The number of hydrogen-bond acceptors (Lipinski definition) is 4. The van der Waals surface area contributed by atoms with Gasteiger partial charge in [-0.3, -0.25) is 9.59 Å². The molecule has 3 rings (SSSR count). The molecule has 0 aliphatic carbocycles. The van der Waals surface area contributed by atoms with E-state index in [1.807, 2.05) is 13.8 Å². The van der Waals surface area contributed by atoms with E-state index in [9.17, 15) is 14.7 Å². The molecular weight excluding hydrogens is 425 g/mol. The minimum absolute atomic E-state index is 0.0141. The van der Waals surface area contributed by atoms with Gasteiger partial charge < -0.3 is 14.7 Å². The number of nitrogens with zero attached hydrogens (tertiary/aromatic N) is 1. The fourth-order valence-corrected chi connectivity index (χ4v) is 3.97. The van der Waals surface area contributed by atoms with Crippen molar-refractivity contribution in [1.82, 2.24) is 4.90 Å². The summed E-state index contributed by atoms with van der Waals surface area (Å²) in [6.07, 6.45) is 0.609. The number of aliphatic hydroxyl groups excluding tert-OH is 1. The van der Waals surface area contributed by atoms with Crippen molar-refractivity contribution >= 4 is 40.7 Å². The number of benzene rings is 2. The van der Waals surface area contributed by atoms with Crippen LogP contribution < -0.4 is 0 Å². The molecular formula is C23H23Cl2NO4. The second-order valence-corrected chi connectivity index (χ2v) is 8.14. The molecule has 1 amide bonds. The number of hydrogen-bond donors (Lipinski definition) is 1. The summed E-state index contributed by atoms with van der Waals surface area (Å²) >= 11 is 12.5. The minimum atomic E-state index is -0.811. The van der Waals surface area contributed by atoms with Gasteiger partial charge in [-0.2, -0.15) is 0 Å². The predicted molar refractivity (Wildman–Crippen MR) is 118 cm³/mol. The van der Waals surface area contributed by atoms with Crippen molar-refractivity contribution in [2.75, 3.05) is 13.2 Å². The molecule has 1 N–H and O–H groups in total. The fourth-order valence-electron chi connectivity index (χ4n) is 3.46. The van der Waals surface area contributed by atoms with E-state index in [4.69, 9.17) is 27.9 Å². The maximum atomic E-state index is 12.9. The Morgan fingerprint density at radius 3 is 2.47 bits per heavy atom. The van der Waals surface area contributed by atoms with Gasteiger partial charge in [0, 0.05) is 28.8 Å². The first-order valence-corrected chi connectivity index (χ1v) is 10.5. The van der Waals surface area contributed by atoms with Gasteiger partial charge in [0.25, 0.3) is 11.7 Å². The van der Waals surface area contributed by atoms with Crippen LogP contribution in [-0.2, 0) is 14.3 Å². The minimum Gasteiger partial charge on any atom is -0.507 e. The van der Waals surface area contributed by atoms with Gasteiger partial charge in [-0.25, -0.2) is 0 Å². The van der Waals surface area contributed by atoms with Crippen LogP contribution in [0.15, 0.2) is 54.1 Å². The van der Waals surface area contributed by atoms with Crippen LogP contribution in [0.25, 0.3) is 5.76 Å². The third-order valence-electron chi connectivity index (χ3n) is 4.84. The highest BCUT2D eigenvalue weighted by Gasteiger charge is 2.46. The number of rotatable bonds is 7. The van der Waals surface area contributed by atoms with Crippen molar-refractivity contribution in [1.29, 1.82) is 0 Å². The van der Waals surface area contributed by atoms with Crippen LogP contribution in [-0.4, -0.2) is 41.0 Å². The molecule has 1 atom stereocenters. The normalized spacial score (nSPS) is 18.4. The molecule has 1 aliphatic heterocycles. The Balaban J connectivity index is 2.06. The molecule has 1 saturated heterocycles. The van der Waals surface area contributed by atoms with Crippen LogP contribution in [0, 0.1) is 0 Å². The fraction of sp³-hybridized carbons (Fsp3) is 0.304. The predicted octanol–water partition coefficient (Wildman–Crippen LogP) is 5.23. The van der Waals surface area contributed by atoms with Gasteiger partial charge in [-0.15, -0.1) is 0 Å². The number of carbonyl (C=O) groups excluding carboxylic acids is 2. The molecule has 0 saturated carbocycles. The van der Waals surface area contributed by atoms with Crippen molar-refractivity contribution in [3.8, 4) is 0 Å². The van der Waals surface area contributed by atoms with E-state index in [0.29, 0.717) is 34.2 Å². The second kappa shape index (κ2) is 9.65. The number of likely N-dealkylation sites (tertiary alicyclic amines) is 1. The summed E-state index contributed by atoms with van der Waals surface area (Å²) < 4.78 is 5.56. The van der Waals surface area contributed by atoms with Gasteiger partial charge in [0.1, 0.15) is 5.76 Å². The Hall–Kier alpha value is -2.34. The molecule has 2 aromatic rings. The summed E-state index contributed by atoms with van der Waals surface area (Å²) in [7, 11) is 0. The van der Waals surface area contributed by atoms with Crippen molar-refractivity contribution in [2.24, 2.45) is 0 Å². The summed E-state index contributed by atoms with van der Waals surface area (Å²) in [5, 5.41) is 11.7. The number of halogens is 2. The molecule has 0 radical (unpaired) electrons. The van der Waals surface area contributed by atoms with Crippen LogP contribution >= 0.6 is 23.2 Å². The van der Waals surface area contributed by atoms with Crippen molar-refractivity contribution in [3.05, 3.63) is 75.3 Å². The smallest absolute Gasteiger partial charge is 0.295 e. The quantitative estimate of drug-likeness (QED) is 0.273. The highest BCUT2D eigenvalue weighted by molar-refractivity contribution is 6.47. The van der Waals surface area contributed by atoms with Crippen LogP contribution in [0.4, 0.5) is 0 Å². The third-order valence-corrected chi connectivity index (χ3v) is 5.40. The lowest BCUT2D eigenvalue weighted by Crippen LogP contribution is -2.31. The highest BCUT2D eigenvalue weighted by Crippen LogP contribution is 2.42. The largest absolute Gasteiger partial charge is 0.507 e. The van der Waals surface area contributed by atoms with Crippen molar-refractivity contribution in [3.63, 3.8) is 0 Å². The SMILES string of the molecule is CC(C)OCCCN1C(=O)C(=O)C(=C(O)c2ccccc2)[C@H]1c1ccc(Cl)cc1Cl. The van der Waals surface area contributed by atoms with E-state index >= 15 is 0 Å². The standard InChI is InChI=1S/C23H23Cl2NO4/c1-14(2)30-12-6-11-26-20(17-10-9-16(24)13-18(17)25)19(22(28)23(26)29)21(27)15-7-4-3-5-8-15/h3-5,7-10,13-14,20,27H,6,11-12H2,1-2H3/t20-/m1/s1. The van der Waals surface area contributed by atoms with Crippen LogP contribution in [0.5, 0.6) is 0 Å². The lowest BCUT2D eigenvalue weighted by molar-refractivity contribution is -0.140. The zero-order valence-electron chi connectivity index (χ0n) is 16.8. The lowest BCUT2D eigenvalue weighted by Gasteiger charge is -2.26. The van der Waals surface area contributed by atoms with E-state index in [2.05, 4.69) is 0 Å². The van der Waals surface area contributed by atoms with Crippen molar-refractivity contribution < 1.29 is 19.4 Å². The number of Topliss-reactive ketones (excluding diaryl/α,β-unsaturated/α-hetero) is 1. The molecule has 2 aromatic carbocycles. The molecule has 0 aromatic heterocycles. The molecule has 5 nitrogen and oxygen atoms in total. The number of ether oxygens (including phenoxy) is 1. The Labute approximate surface area is 185 Å². The maximum absolute atomic E-state index is 12.9. The zero-order chi connectivity index (χ0) is 21.8. The van der Waals surface area contributed by atoms with Gasteiger partial charge in [-0.05, 0) is 38.0 Å². The second-order valence-electron chi connectivity index (χ2n) is 7.30. The molecule has 0 bridgehead atoms. The monoisotopic (exact) mass is 447 g/mol. The summed E-state index contributed by atoms with van der Waals surface area (Å²) in [4.78, 5) is 27.2. The zero-order valence-corrected chi connectivity index (χ0v) is 18.3. The molecule has 0 spiro atoms. The van der Waals surface area contributed by atoms with Crippen LogP contribution in [0.2, 0.25) is 10.0 Å². The summed E-state index contributed by atoms with van der Waals surface area (Å²) in [6.45, 7) is 4.59. The number of carbonyl (C=O) groups is 2. The van der Waals surface area contributed by atoms with E-state index in [0.717, 1.165) is 0 Å². The Kier molecular flexibility index (Phi) is 7.19. The number of ketones is 1. The van der Waals surface area contributed by atoms with Gasteiger partial charge >= 0.3 is 0 Å². The number of amides is 1. The number of aliphatic hydroxyl groups is 1. The van der Waals surface area contributed by atoms with Gasteiger partial charge in [0.05, 0.1) is 17.7 Å². The van der Waals surface area contributed by atoms with E-state index < -0.39 is 17.7 Å². The molecule has 7 heteroatoms. The van der Waals surface area contributed by atoms with Crippen molar-refractivity contribution in [2.45, 2.75) is 32.4 Å². The van der Waals surface area contributed by atoms with Crippen LogP contribution in [0.3, 0.4) is 0 Å². The first-order chi connectivity index (χ1) is 14.3. The van der Waals surface area contributed by atoms with Gasteiger partial charge in [-0.1, -0.05) is 59.6 Å². The molecule has 1 fully saturated rings. The van der Waals surface area contributed by atoms with E-state index in [1.54, 1.807) is 48.5 Å². The first kappa shape index (κ1) is 22.3. The summed E-state index contributed by atoms with van der Waals surface area (Å²) in [5.41, 5.74) is 0.997. The average Bonchev–Trinajstić information content (AvgIpc) is 2.96. The topological polar surface area (TPSA) is 66.8 Å². The molecule has 158 valence electrons. The maximum Gasteiger partial charge on any atom is 0.295 e. The molecule has 30 heavy (non-hydrogen) atoms. The van der Waals surface area contributed by atoms with Gasteiger partial charge in [0.2, 0.25) is 0 Å². The molecule has 1 aliphatic rings. The van der Waals surface area contributed by atoms with E-state index in [1.165, 1.54) is 4.90 Å². The first-order valence-electron chi connectivity index (χ1n) is 9.71. The Bertz CT molecular complexity index is 972. The third kappa shape index (κ3) is 4.69. The lowest BCUT2D eigenvalue weighted by atomic mass is 9.95. The highest BCUT2D eigenvalue weighted by atomic mass is 35.5. The summed E-state index contributed by atoms with van der Waals surface area (Å²) in [6, 6.07) is 12.7. The van der Waals surface area contributed by atoms with Gasteiger partial charge in [0.15, 0.2) is 0 Å². The Morgan fingerprint density at radius 2 is 1.83 bits per heavy atom.